The summed E-state index contributed by atoms with van der Waals surface area (Å²) in [6, 6.07) is 9.43. The van der Waals surface area contributed by atoms with Crippen LogP contribution in [0.1, 0.15) is 43.5 Å². The molecule has 2 aliphatic rings. The van der Waals surface area contributed by atoms with Gasteiger partial charge >= 0.3 is 0 Å². The molecule has 2 fully saturated rings. The van der Waals surface area contributed by atoms with Gasteiger partial charge in [-0.15, -0.1) is 0 Å². The summed E-state index contributed by atoms with van der Waals surface area (Å²) in [5.74, 6) is 0.343. The van der Waals surface area contributed by atoms with Gasteiger partial charge in [0, 0.05) is 12.0 Å². The normalized spacial score (nSPS) is 32.3. The predicted octanol–water partition coefficient (Wildman–Crippen LogP) is 2.42. The second-order valence-electron chi connectivity index (χ2n) is 6.51. The number of carbonyl (C=O) groups is 1. The van der Waals surface area contributed by atoms with Crippen molar-refractivity contribution in [3.05, 3.63) is 35.9 Å². The number of aliphatic hydroxyl groups excluding tert-OH is 1. The van der Waals surface area contributed by atoms with Gasteiger partial charge in [-0.2, -0.15) is 0 Å². The second-order valence-corrected chi connectivity index (χ2v) is 6.51. The Morgan fingerprint density at radius 3 is 2.67 bits per heavy atom. The summed E-state index contributed by atoms with van der Waals surface area (Å²) in [7, 11) is 0. The summed E-state index contributed by atoms with van der Waals surface area (Å²) >= 11 is 0. The van der Waals surface area contributed by atoms with Crippen molar-refractivity contribution in [3.63, 3.8) is 0 Å². The summed E-state index contributed by atoms with van der Waals surface area (Å²) in [6.07, 6.45) is 1.57. The van der Waals surface area contributed by atoms with E-state index >= 15 is 0 Å². The number of hydrogen-bond acceptors (Lipinski definition) is 3. The van der Waals surface area contributed by atoms with Crippen molar-refractivity contribution >= 4 is 5.91 Å². The summed E-state index contributed by atoms with van der Waals surface area (Å²) < 4.78 is 6.05. The standard InChI is InChI=1S/C17H23NO3/c1-12(2)15-11-21-17(9-8-14(19)10-17)18(15)16(20)13-6-4-3-5-7-13/h3-7,12,14-15,19H,8-11H2,1-2H3/t14-,15-,17-/m0/s1. The molecule has 1 N–H and O–H groups in total. The molecule has 0 aromatic heterocycles. The molecule has 1 aliphatic heterocycles. The monoisotopic (exact) mass is 289 g/mol. The molecule has 0 unspecified atom stereocenters. The molecule has 1 aromatic rings. The third-order valence-electron chi connectivity index (χ3n) is 4.73. The molecule has 1 saturated carbocycles. The highest BCUT2D eigenvalue weighted by Crippen LogP contribution is 2.44. The van der Waals surface area contributed by atoms with E-state index in [1.807, 2.05) is 35.2 Å². The smallest absolute Gasteiger partial charge is 0.256 e. The van der Waals surface area contributed by atoms with Crippen molar-refractivity contribution in [2.75, 3.05) is 6.61 Å². The van der Waals surface area contributed by atoms with Crippen LogP contribution in [0, 0.1) is 5.92 Å². The van der Waals surface area contributed by atoms with E-state index < -0.39 is 5.72 Å². The van der Waals surface area contributed by atoms with Crippen LogP contribution >= 0.6 is 0 Å². The van der Waals surface area contributed by atoms with Gasteiger partial charge in [-0.3, -0.25) is 4.79 Å². The lowest BCUT2D eigenvalue weighted by Crippen LogP contribution is -2.51. The Morgan fingerprint density at radius 1 is 1.38 bits per heavy atom. The Morgan fingerprint density at radius 2 is 2.10 bits per heavy atom. The maximum atomic E-state index is 13.0. The Labute approximate surface area is 125 Å². The molecule has 4 nitrogen and oxygen atoms in total. The maximum Gasteiger partial charge on any atom is 0.256 e. The number of nitrogens with zero attached hydrogens (tertiary/aromatic N) is 1. The van der Waals surface area contributed by atoms with Crippen LogP contribution in [0.4, 0.5) is 0 Å². The fourth-order valence-corrected chi connectivity index (χ4v) is 3.55. The average Bonchev–Trinajstić information content (AvgIpc) is 3.03. The van der Waals surface area contributed by atoms with Crippen molar-refractivity contribution in [1.82, 2.24) is 4.90 Å². The highest BCUT2D eigenvalue weighted by molar-refractivity contribution is 5.95. The number of amides is 1. The van der Waals surface area contributed by atoms with E-state index in [1.54, 1.807) is 0 Å². The number of benzene rings is 1. The van der Waals surface area contributed by atoms with Gasteiger partial charge in [-0.25, -0.2) is 0 Å². The predicted molar refractivity (Wildman–Crippen MR) is 79.8 cm³/mol. The van der Waals surface area contributed by atoms with Gasteiger partial charge in [-0.1, -0.05) is 32.0 Å². The first-order valence-electron chi connectivity index (χ1n) is 7.74. The fourth-order valence-electron chi connectivity index (χ4n) is 3.55. The Kier molecular flexibility index (Phi) is 3.76. The van der Waals surface area contributed by atoms with Gasteiger partial charge in [0.25, 0.3) is 5.91 Å². The first kappa shape index (κ1) is 14.5. The van der Waals surface area contributed by atoms with Gasteiger partial charge in [0.15, 0.2) is 0 Å². The lowest BCUT2D eigenvalue weighted by Gasteiger charge is -2.37. The highest BCUT2D eigenvalue weighted by atomic mass is 16.5. The van der Waals surface area contributed by atoms with Crippen LogP contribution in [0.3, 0.4) is 0 Å². The van der Waals surface area contributed by atoms with E-state index in [4.69, 9.17) is 4.74 Å². The van der Waals surface area contributed by atoms with E-state index in [2.05, 4.69) is 13.8 Å². The minimum Gasteiger partial charge on any atom is -0.393 e. The number of carbonyl (C=O) groups excluding carboxylic acids is 1. The molecular weight excluding hydrogens is 266 g/mol. The molecule has 114 valence electrons. The third kappa shape index (κ3) is 2.47. The quantitative estimate of drug-likeness (QED) is 0.909. The Bertz CT molecular complexity index is 516. The zero-order valence-electron chi connectivity index (χ0n) is 12.7. The van der Waals surface area contributed by atoms with Crippen LogP contribution in [0.2, 0.25) is 0 Å². The fraction of sp³-hybridized carbons (Fsp3) is 0.588. The summed E-state index contributed by atoms with van der Waals surface area (Å²) in [5.41, 5.74) is 0.0794. The molecule has 3 atom stereocenters. The third-order valence-corrected chi connectivity index (χ3v) is 4.73. The van der Waals surface area contributed by atoms with Crippen LogP contribution < -0.4 is 0 Å². The maximum absolute atomic E-state index is 13.0. The molecule has 1 aliphatic carbocycles. The van der Waals surface area contributed by atoms with E-state index in [0.717, 1.165) is 6.42 Å². The molecule has 1 spiro atoms. The Hall–Kier alpha value is -1.39. The molecule has 0 bridgehead atoms. The van der Waals surface area contributed by atoms with Crippen molar-refractivity contribution in [3.8, 4) is 0 Å². The lowest BCUT2D eigenvalue weighted by molar-refractivity contribution is -0.0718. The lowest BCUT2D eigenvalue weighted by atomic mass is 9.99. The van der Waals surface area contributed by atoms with Gasteiger partial charge in [0.05, 0.1) is 18.8 Å². The molecule has 3 rings (SSSR count). The average molecular weight is 289 g/mol. The topological polar surface area (TPSA) is 49.8 Å². The van der Waals surface area contributed by atoms with Gasteiger partial charge < -0.3 is 14.7 Å². The van der Waals surface area contributed by atoms with Crippen LogP contribution in [-0.4, -0.2) is 40.4 Å². The summed E-state index contributed by atoms with van der Waals surface area (Å²) in [6.45, 7) is 4.79. The molecule has 4 heteroatoms. The second kappa shape index (κ2) is 5.43. The van der Waals surface area contributed by atoms with E-state index in [1.165, 1.54) is 0 Å². The molecule has 1 aromatic carbocycles. The van der Waals surface area contributed by atoms with Gasteiger partial charge in [0.2, 0.25) is 0 Å². The minimum absolute atomic E-state index is 0.0147. The number of rotatable bonds is 2. The van der Waals surface area contributed by atoms with Crippen molar-refractivity contribution in [2.24, 2.45) is 5.92 Å². The Balaban J connectivity index is 1.95. The number of ether oxygens (including phenoxy) is 1. The van der Waals surface area contributed by atoms with E-state index in [9.17, 15) is 9.90 Å². The largest absolute Gasteiger partial charge is 0.393 e. The molecule has 1 amide bonds. The van der Waals surface area contributed by atoms with Crippen molar-refractivity contribution in [1.29, 1.82) is 0 Å². The zero-order valence-corrected chi connectivity index (χ0v) is 12.7. The number of aliphatic hydroxyl groups is 1. The SMILES string of the molecule is CC(C)[C@@H]1CO[C@]2(CC[C@H](O)C2)N1C(=O)c1ccccc1. The van der Waals surface area contributed by atoms with Crippen molar-refractivity contribution < 1.29 is 14.6 Å². The van der Waals surface area contributed by atoms with Crippen LogP contribution in [0.25, 0.3) is 0 Å². The highest BCUT2D eigenvalue weighted by Gasteiger charge is 2.54. The zero-order chi connectivity index (χ0) is 15.0. The molecule has 1 heterocycles. The molecular formula is C17H23NO3. The van der Waals surface area contributed by atoms with Gasteiger partial charge in [0.1, 0.15) is 5.72 Å². The summed E-state index contributed by atoms with van der Waals surface area (Å²) in [4.78, 5) is 14.9. The van der Waals surface area contributed by atoms with Crippen molar-refractivity contribution in [2.45, 2.75) is 51.0 Å². The molecule has 0 radical (unpaired) electrons. The van der Waals surface area contributed by atoms with Crippen LogP contribution in [-0.2, 0) is 4.74 Å². The van der Waals surface area contributed by atoms with E-state index in [-0.39, 0.29) is 18.1 Å². The first-order chi connectivity index (χ1) is 10.0. The van der Waals surface area contributed by atoms with Crippen LogP contribution in [0.5, 0.6) is 0 Å². The van der Waals surface area contributed by atoms with E-state index in [0.29, 0.717) is 30.9 Å². The first-order valence-corrected chi connectivity index (χ1v) is 7.74. The number of hydrogen-bond donors (Lipinski definition) is 1. The minimum atomic E-state index is -0.610. The molecule has 21 heavy (non-hydrogen) atoms. The molecule has 1 saturated heterocycles. The summed E-state index contributed by atoms with van der Waals surface area (Å²) in [5, 5.41) is 9.93. The van der Waals surface area contributed by atoms with Crippen LogP contribution in [0.15, 0.2) is 30.3 Å². The van der Waals surface area contributed by atoms with Gasteiger partial charge in [-0.05, 0) is 30.9 Å².